The van der Waals surface area contributed by atoms with E-state index in [0.717, 1.165) is 41.5 Å². The molecular formula is C30H30N2O6. The van der Waals surface area contributed by atoms with Crippen molar-refractivity contribution in [2.24, 2.45) is 0 Å². The zero-order valence-electron chi connectivity index (χ0n) is 21.2. The van der Waals surface area contributed by atoms with Crippen LogP contribution in [0.2, 0.25) is 0 Å². The number of nitro groups is 1. The number of carbonyl (C=O) groups is 2. The van der Waals surface area contributed by atoms with E-state index in [2.05, 4.69) is 12.1 Å². The van der Waals surface area contributed by atoms with Crippen LogP contribution >= 0.6 is 0 Å². The number of carbonyl (C=O) groups excluding carboxylic acids is 1. The summed E-state index contributed by atoms with van der Waals surface area (Å²) >= 11 is 0. The van der Waals surface area contributed by atoms with Crippen molar-refractivity contribution in [3.63, 3.8) is 0 Å². The molecule has 0 unspecified atom stereocenters. The van der Waals surface area contributed by atoms with Gasteiger partial charge in [-0.3, -0.25) is 15.0 Å². The fraction of sp³-hybridized carbons (Fsp3) is 0.333. The monoisotopic (exact) mass is 514 g/mol. The van der Waals surface area contributed by atoms with Crippen LogP contribution in [0.25, 0.3) is 11.1 Å². The molecule has 3 aromatic rings. The molecule has 8 nitrogen and oxygen atoms in total. The number of nitro benzene ring substituents is 1. The molecule has 0 aliphatic heterocycles. The number of benzene rings is 3. The summed E-state index contributed by atoms with van der Waals surface area (Å²) in [6.45, 7) is 1.55. The van der Waals surface area contributed by atoms with Gasteiger partial charge in [0.15, 0.2) is 5.54 Å². The van der Waals surface area contributed by atoms with Gasteiger partial charge in [-0.15, -0.1) is 0 Å². The summed E-state index contributed by atoms with van der Waals surface area (Å²) in [4.78, 5) is 38.7. The van der Waals surface area contributed by atoms with E-state index < -0.39 is 22.5 Å². The molecule has 0 bridgehead atoms. The molecule has 0 spiro atoms. The minimum Gasteiger partial charge on any atom is -0.479 e. The Bertz CT molecular complexity index is 1320. The SMILES string of the molecule is C[C@](C(=O)O)(c1ccc([N+](=O)[O-])cc1)N(C(=O)OCC1c2ccccc2-c2ccccc21)C1CCCCC1. The first-order chi connectivity index (χ1) is 18.3. The molecule has 3 aromatic carbocycles. The molecule has 8 heteroatoms. The van der Waals surface area contributed by atoms with E-state index in [4.69, 9.17) is 4.74 Å². The number of carboxylic acids is 1. The average molecular weight is 515 g/mol. The maximum atomic E-state index is 13.9. The predicted octanol–water partition coefficient (Wildman–Crippen LogP) is 6.48. The first kappa shape index (κ1) is 25.4. The maximum Gasteiger partial charge on any atom is 0.411 e. The van der Waals surface area contributed by atoms with Crippen molar-refractivity contribution in [3.8, 4) is 11.1 Å². The standard InChI is InChI=1S/C30H30N2O6/c1-30(28(33)34,20-15-17-22(18-16-20)32(36)37)31(21-9-3-2-4-10-21)29(35)38-19-27-25-13-7-5-11-23(25)24-12-6-8-14-26(24)27/h5-8,11-18,21,27H,2-4,9-10,19H2,1H3,(H,33,34)/t30-/m1/s1. The molecule has 196 valence electrons. The maximum absolute atomic E-state index is 13.9. The molecule has 1 amide bonds. The highest BCUT2D eigenvalue weighted by atomic mass is 16.6. The van der Waals surface area contributed by atoms with Gasteiger partial charge in [0.25, 0.3) is 5.69 Å². The van der Waals surface area contributed by atoms with Gasteiger partial charge in [-0.1, -0.05) is 67.8 Å². The van der Waals surface area contributed by atoms with E-state index in [9.17, 15) is 24.8 Å². The Labute approximate surface area is 221 Å². The lowest BCUT2D eigenvalue weighted by molar-refractivity contribution is -0.384. The second-order valence-corrected chi connectivity index (χ2v) is 10.1. The Kier molecular flexibility index (Phi) is 6.89. The molecule has 2 aliphatic carbocycles. The summed E-state index contributed by atoms with van der Waals surface area (Å²) in [6, 6.07) is 21.1. The molecular weight excluding hydrogens is 484 g/mol. The highest BCUT2D eigenvalue weighted by Crippen LogP contribution is 2.45. The number of non-ortho nitro benzene ring substituents is 1. The lowest BCUT2D eigenvalue weighted by atomic mass is 9.85. The van der Waals surface area contributed by atoms with Crippen molar-refractivity contribution in [1.82, 2.24) is 4.90 Å². The van der Waals surface area contributed by atoms with Gasteiger partial charge in [0.2, 0.25) is 0 Å². The number of carboxylic acid groups (broad SMARTS) is 1. The molecule has 5 rings (SSSR count). The van der Waals surface area contributed by atoms with Crippen molar-refractivity contribution in [2.45, 2.75) is 56.5 Å². The largest absolute Gasteiger partial charge is 0.479 e. The lowest BCUT2D eigenvalue weighted by Gasteiger charge is -2.44. The number of amides is 1. The van der Waals surface area contributed by atoms with Gasteiger partial charge in [0, 0.05) is 24.1 Å². The van der Waals surface area contributed by atoms with Crippen molar-refractivity contribution in [2.75, 3.05) is 6.61 Å². The summed E-state index contributed by atoms with van der Waals surface area (Å²) in [5, 5.41) is 21.6. The molecule has 1 N–H and O–H groups in total. The molecule has 38 heavy (non-hydrogen) atoms. The van der Waals surface area contributed by atoms with E-state index >= 15 is 0 Å². The van der Waals surface area contributed by atoms with Crippen LogP contribution < -0.4 is 0 Å². The second kappa shape index (κ2) is 10.3. The van der Waals surface area contributed by atoms with Crippen molar-refractivity contribution >= 4 is 17.7 Å². The van der Waals surface area contributed by atoms with Crippen LogP contribution in [0.1, 0.15) is 61.6 Å². The molecule has 2 aliphatic rings. The summed E-state index contributed by atoms with van der Waals surface area (Å²) in [7, 11) is 0. The van der Waals surface area contributed by atoms with Gasteiger partial charge >= 0.3 is 12.1 Å². The third-order valence-corrected chi connectivity index (χ3v) is 8.01. The van der Waals surface area contributed by atoms with E-state index in [-0.39, 0.29) is 29.8 Å². The molecule has 0 radical (unpaired) electrons. The highest BCUT2D eigenvalue weighted by Gasteiger charge is 2.48. The average Bonchev–Trinajstić information content (AvgIpc) is 3.26. The third kappa shape index (κ3) is 4.40. The topological polar surface area (TPSA) is 110 Å². The molecule has 1 atom stereocenters. The summed E-state index contributed by atoms with van der Waals surface area (Å²) in [5.74, 6) is -1.37. The van der Waals surface area contributed by atoms with Crippen molar-refractivity contribution in [1.29, 1.82) is 0 Å². The van der Waals surface area contributed by atoms with E-state index in [1.807, 2.05) is 36.4 Å². The number of fused-ring (bicyclic) bond motifs is 3. The molecule has 1 saturated carbocycles. The van der Waals surface area contributed by atoms with Crippen LogP contribution in [-0.2, 0) is 15.1 Å². The minimum atomic E-state index is -1.76. The zero-order chi connectivity index (χ0) is 26.9. The second-order valence-electron chi connectivity index (χ2n) is 10.1. The number of hydrogen-bond acceptors (Lipinski definition) is 5. The van der Waals surface area contributed by atoms with Crippen LogP contribution in [0.5, 0.6) is 0 Å². The van der Waals surface area contributed by atoms with E-state index in [1.54, 1.807) is 0 Å². The number of nitrogens with zero attached hydrogens (tertiary/aromatic N) is 2. The predicted molar refractivity (Wildman–Crippen MR) is 142 cm³/mol. The number of ether oxygens (including phenoxy) is 1. The van der Waals surface area contributed by atoms with Crippen molar-refractivity contribution < 1.29 is 24.4 Å². The van der Waals surface area contributed by atoms with E-state index in [0.29, 0.717) is 12.8 Å². The highest BCUT2D eigenvalue weighted by molar-refractivity contribution is 5.86. The summed E-state index contributed by atoms with van der Waals surface area (Å²) < 4.78 is 5.95. The summed E-state index contributed by atoms with van der Waals surface area (Å²) in [5.41, 5.74) is 2.73. The van der Waals surface area contributed by atoms with Gasteiger partial charge in [-0.05, 0) is 59.7 Å². The lowest BCUT2D eigenvalue weighted by Crippen LogP contribution is -2.57. The van der Waals surface area contributed by atoms with Gasteiger partial charge in [0.1, 0.15) is 6.61 Å². The molecule has 0 saturated heterocycles. The van der Waals surface area contributed by atoms with Crippen LogP contribution in [0.15, 0.2) is 72.8 Å². The minimum absolute atomic E-state index is 0.0754. The van der Waals surface area contributed by atoms with Gasteiger partial charge in [0.05, 0.1) is 4.92 Å². The van der Waals surface area contributed by atoms with Gasteiger partial charge < -0.3 is 9.84 Å². The van der Waals surface area contributed by atoms with Gasteiger partial charge in [-0.2, -0.15) is 0 Å². The molecule has 1 fully saturated rings. The number of hydrogen-bond donors (Lipinski definition) is 1. The Balaban J connectivity index is 1.48. The zero-order valence-corrected chi connectivity index (χ0v) is 21.2. The first-order valence-electron chi connectivity index (χ1n) is 12.9. The smallest absolute Gasteiger partial charge is 0.411 e. The normalized spacial score (nSPS) is 16.7. The Morgan fingerprint density at radius 1 is 0.947 bits per heavy atom. The van der Waals surface area contributed by atoms with Crippen LogP contribution in [0.4, 0.5) is 10.5 Å². The Morgan fingerprint density at radius 2 is 1.50 bits per heavy atom. The van der Waals surface area contributed by atoms with Crippen LogP contribution in [0, 0.1) is 10.1 Å². The van der Waals surface area contributed by atoms with Crippen LogP contribution in [-0.4, -0.2) is 39.6 Å². The van der Waals surface area contributed by atoms with Crippen LogP contribution in [0.3, 0.4) is 0 Å². The summed E-state index contributed by atoms with van der Waals surface area (Å²) in [6.07, 6.45) is 3.43. The number of rotatable bonds is 7. The number of aliphatic carboxylic acids is 1. The fourth-order valence-corrected chi connectivity index (χ4v) is 5.97. The first-order valence-corrected chi connectivity index (χ1v) is 12.9. The molecule has 0 heterocycles. The van der Waals surface area contributed by atoms with Crippen molar-refractivity contribution in [3.05, 3.63) is 99.6 Å². The fourth-order valence-electron chi connectivity index (χ4n) is 5.97. The third-order valence-electron chi connectivity index (χ3n) is 8.01. The Morgan fingerprint density at radius 3 is 2.03 bits per heavy atom. The Hall–Kier alpha value is -4.20. The van der Waals surface area contributed by atoms with E-state index in [1.165, 1.54) is 36.1 Å². The quantitative estimate of drug-likeness (QED) is 0.285. The molecule has 0 aromatic heterocycles. The van der Waals surface area contributed by atoms with Gasteiger partial charge in [-0.25, -0.2) is 9.59 Å².